The van der Waals surface area contributed by atoms with Gasteiger partial charge in [0, 0.05) is 25.0 Å². The van der Waals surface area contributed by atoms with Crippen LogP contribution in [0.2, 0.25) is 0 Å². The number of nitrogens with zero attached hydrogens (tertiary/aromatic N) is 2. The summed E-state index contributed by atoms with van der Waals surface area (Å²) in [6, 6.07) is 9.65. The van der Waals surface area contributed by atoms with Gasteiger partial charge in [0.25, 0.3) is 5.91 Å². The smallest absolute Gasteiger partial charge is 0.262 e. The fourth-order valence-corrected chi connectivity index (χ4v) is 4.37. The molecule has 6 nitrogen and oxygen atoms in total. The summed E-state index contributed by atoms with van der Waals surface area (Å²) in [6.45, 7) is 2.02. The Morgan fingerprint density at radius 3 is 3.00 bits per heavy atom. The van der Waals surface area contributed by atoms with Gasteiger partial charge in [-0.25, -0.2) is 0 Å². The Bertz CT molecular complexity index is 835. The van der Waals surface area contributed by atoms with Crippen LogP contribution in [0.4, 0.5) is 5.69 Å². The second-order valence-electron chi connectivity index (χ2n) is 6.50. The molecule has 0 spiro atoms. The number of hydrogen-bond donors (Lipinski definition) is 1. The molecule has 0 saturated heterocycles. The number of carbonyl (C=O) groups excluding carboxylic acids is 2. The van der Waals surface area contributed by atoms with Crippen LogP contribution in [0.25, 0.3) is 0 Å². The van der Waals surface area contributed by atoms with Crippen molar-refractivity contribution >= 4 is 28.8 Å². The van der Waals surface area contributed by atoms with Crippen LogP contribution in [0.15, 0.2) is 35.7 Å². The lowest BCUT2D eigenvalue weighted by Crippen LogP contribution is -2.51. The lowest BCUT2D eigenvalue weighted by molar-refractivity contribution is -0.131. The van der Waals surface area contributed by atoms with Crippen molar-refractivity contribution in [1.82, 2.24) is 10.2 Å². The van der Waals surface area contributed by atoms with Gasteiger partial charge in [-0.05, 0) is 35.6 Å². The molecule has 7 heteroatoms. The molecule has 4 rings (SSSR count). The van der Waals surface area contributed by atoms with E-state index in [9.17, 15) is 9.59 Å². The number of ether oxygens (including phenoxy) is 1. The number of carbonyl (C=O) groups is 2. The minimum atomic E-state index is -0.618. The van der Waals surface area contributed by atoms with Gasteiger partial charge in [-0.2, -0.15) is 0 Å². The van der Waals surface area contributed by atoms with Crippen molar-refractivity contribution < 1.29 is 14.3 Å². The summed E-state index contributed by atoms with van der Waals surface area (Å²) >= 11 is 1.76. The van der Waals surface area contributed by atoms with Crippen LogP contribution in [-0.2, 0) is 22.6 Å². The van der Waals surface area contributed by atoms with Gasteiger partial charge < -0.3 is 19.9 Å². The minimum Gasteiger partial charge on any atom is -0.477 e. The van der Waals surface area contributed by atoms with Gasteiger partial charge in [0.2, 0.25) is 5.91 Å². The highest BCUT2D eigenvalue weighted by atomic mass is 32.1. The second kappa shape index (κ2) is 6.99. The highest BCUT2D eigenvalue weighted by Gasteiger charge is 2.32. The maximum absolute atomic E-state index is 12.9. The standard InChI is InChI=1S/C19H21N3O3S/c1-20-19(24)16-11-22(14-4-2-3-5-15(14)25-16)12-18(23)21-8-6-17-13(10-21)7-9-26-17/h2-5,7,9,16H,6,8,10-12H2,1H3,(H,20,24)/t16-/m0/s1. The van der Waals surface area contributed by atoms with E-state index < -0.39 is 6.10 Å². The summed E-state index contributed by atoms with van der Waals surface area (Å²) in [7, 11) is 1.59. The molecule has 136 valence electrons. The minimum absolute atomic E-state index is 0.0780. The predicted molar refractivity (Wildman–Crippen MR) is 101 cm³/mol. The quantitative estimate of drug-likeness (QED) is 0.891. The van der Waals surface area contributed by atoms with Crippen molar-refractivity contribution in [2.45, 2.75) is 19.1 Å². The Morgan fingerprint density at radius 1 is 1.31 bits per heavy atom. The maximum Gasteiger partial charge on any atom is 0.262 e. The van der Waals surface area contributed by atoms with Gasteiger partial charge in [0.1, 0.15) is 5.75 Å². The summed E-state index contributed by atoms with van der Waals surface area (Å²) in [4.78, 5) is 30.2. The average Bonchev–Trinajstić information content (AvgIpc) is 3.15. The van der Waals surface area contributed by atoms with Crippen LogP contribution in [0.1, 0.15) is 10.4 Å². The van der Waals surface area contributed by atoms with E-state index in [0.717, 1.165) is 18.7 Å². The molecular weight excluding hydrogens is 350 g/mol. The first-order chi connectivity index (χ1) is 12.7. The number of benzene rings is 1. The number of amides is 2. The summed E-state index contributed by atoms with van der Waals surface area (Å²) in [5.74, 6) is 0.533. The van der Waals surface area contributed by atoms with Crippen molar-refractivity contribution in [2.75, 3.05) is 31.6 Å². The molecule has 1 N–H and O–H groups in total. The molecule has 0 radical (unpaired) electrons. The number of hydrogen-bond acceptors (Lipinski definition) is 5. The molecule has 2 aromatic rings. The summed E-state index contributed by atoms with van der Waals surface area (Å²) in [5, 5.41) is 4.71. The van der Waals surface area contributed by atoms with Crippen LogP contribution in [-0.4, -0.2) is 49.5 Å². The van der Waals surface area contributed by atoms with Crippen molar-refractivity contribution in [2.24, 2.45) is 0 Å². The predicted octanol–water partition coefficient (Wildman–Crippen LogP) is 1.65. The number of rotatable bonds is 3. The molecule has 2 amide bonds. The van der Waals surface area contributed by atoms with E-state index in [1.807, 2.05) is 34.1 Å². The average molecular weight is 371 g/mol. The van der Waals surface area contributed by atoms with Crippen LogP contribution >= 0.6 is 11.3 Å². The van der Waals surface area contributed by atoms with Crippen molar-refractivity contribution in [3.8, 4) is 5.75 Å². The number of fused-ring (bicyclic) bond motifs is 2. The van der Waals surface area contributed by atoms with Gasteiger partial charge in [-0.3, -0.25) is 9.59 Å². The van der Waals surface area contributed by atoms with Gasteiger partial charge >= 0.3 is 0 Å². The number of thiophene rings is 1. The van der Waals surface area contributed by atoms with E-state index >= 15 is 0 Å². The lowest BCUT2D eigenvalue weighted by Gasteiger charge is -2.36. The maximum atomic E-state index is 12.9. The molecular formula is C19H21N3O3S. The molecule has 0 saturated carbocycles. The largest absolute Gasteiger partial charge is 0.477 e. The Kier molecular flexibility index (Phi) is 4.55. The van der Waals surface area contributed by atoms with E-state index in [-0.39, 0.29) is 18.4 Å². The van der Waals surface area contributed by atoms with Crippen LogP contribution in [0, 0.1) is 0 Å². The summed E-state index contributed by atoms with van der Waals surface area (Å²) < 4.78 is 5.80. The number of likely N-dealkylation sites (N-methyl/N-ethyl adjacent to an activating group) is 1. The Morgan fingerprint density at radius 2 is 2.15 bits per heavy atom. The molecule has 1 atom stereocenters. The number of anilines is 1. The molecule has 2 aliphatic heterocycles. The topological polar surface area (TPSA) is 61.9 Å². The van der Waals surface area contributed by atoms with Crippen molar-refractivity contribution in [3.63, 3.8) is 0 Å². The highest BCUT2D eigenvalue weighted by molar-refractivity contribution is 7.10. The lowest BCUT2D eigenvalue weighted by atomic mass is 10.1. The molecule has 2 aliphatic rings. The van der Waals surface area contributed by atoms with Crippen LogP contribution < -0.4 is 15.0 Å². The highest BCUT2D eigenvalue weighted by Crippen LogP contribution is 2.33. The summed E-state index contributed by atoms with van der Waals surface area (Å²) in [5.41, 5.74) is 2.11. The van der Waals surface area contributed by atoms with Gasteiger partial charge in [-0.15, -0.1) is 11.3 Å². The second-order valence-corrected chi connectivity index (χ2v) is 7.50. The van der Waals surface area contributed by atoms with E-state index in [2.05, 4.69) is 16.8 Å². The molecule has 3 heterocycles. The van der Waals surface area contributed by atoms with E-state index in [4.69, 9.17) is 4.74 Å². The number of para-hydroxylation sites is 2. The first-order valence-corrected chi connectivity index (χ1v) is 9.59. The van der Waals surface area contributed by atoms with Crippen LogP contribution in [0.3, 0.4) is 0 Å². The SMILES string of the molecule is CNC(=O)[C@@H]1CN(CC(=O)N2CCc3sccc3C2)c2ccccc2O1. The first kappa shape index (κ1) is 16.9. The normalized spacial score (nSPS) is 18.6. The zero-order chi connectivity index (χ0) is 18.1. The molecule has 0 bridgehead atoms. The zero-order valence-electron chi connectivity index (χ0n) is 14.6. The molecule has 0 aliphatic carbocycles. The van der Waals surface area contributed by atoms with E-state index in [0.29, 0.717) is 18.8 Å². The number of nitrogens with one attached hydrogen (secondary N) is 1. The van der Waals surface area contributed by atoms with E-state index in [1.54, 1.807) is 18.4 Å². The fraction of sp³-hybridized carbons (Fsp3) is 0.368. The molecule has 26 heavy (non-hydrogen) atoms. The third-order valence-corrected chi connectivity index (χ3v) is 5.91. The van der Waals surface area contributed by atoms with Crippen molar-refractivity contribution in [1.29, 1.82) is 0 Å². The third kappa shape index (κ3) is 3.14. The Balaban J connectivity index is 1.51. The van der Waals surface area contributed by atoms with Gasteiger partial charge in [0.15, 0.2) is 6.10 Å². The Labute approximate surface area is 156 Å². The third-order valence-electron chi connectivity index (χ3n) is 4.89. The Hall–Kier alpha value is -2.54. The van der Waals surface area contributed by atoms with E-state index in [1.165, 1.54) is 10.4 Å². The first-order valence-electron chi connectivity index (χ1n) is 8.71. The molecule has 1 aromatic carbocycles. The molecule has 0 unspecified atom stereocenters. The van der Waals surface area contributed by atoms with Gasteiger partial charge in [0.05, 0.1) is 18.8 Å². The fourth-order valence-electron chi connectivity index (χ4n) is 3.48. The zero-order valence-corrected chi connectivity index (χ0v) is 15.4. The van der Waals surface area contributed by atoms with Crippen molar-refractivity contribution in [3.05, 3.63) is 46.2 Å². The summed E-state index contributed by atoms with van der Waals surface area (Å²) in [6.07, 6.45) is 0.298. The molecule has 0 fully saturated rings. The molecule has 1 aromatic heterocycles. The van der Waals surface area contributed by atoms with Gasteiger partial charge in [-0.1, -0.05) is 12.1 Å². The monoisotopic (exact) mass is 371 g/mol. The van der Waals surface area contributed by atoms with Crippen LogP contribution in [0.5, 0.6) is 5.75 Å².